The van der Waals surface area contributed by atoms with Crippen LogP contribution < -0.4 is 15.4 Å². The van der Waals surface area contributed by atoms with Crippen LogP contribution in [-0.4, -0.2) is 26.2 Å². The van der Waals surface area contributed by atoms with E-state index in [4.69, 9.17) is 19.9 Å². The first-order chi connectivity index (χ1) is 18.3. The lowest BCUT2D eigenvalue weighted by molar-refractivity contribution is -0.139. The number of hydrogen-bond acceptors (Lipinski definition) is 8. The Labute approximate surface area is 221 Å². The molecule has 0 amide bonds. The summed E-state index contributed by atoms with van der Waals surface area (Å²) in [6.07, 6.45) is 0. The molecule has 3 aromatic rings. The minimum absolute atomic E-state index is 0.00128. The van der Waals surface area contributed by atoms with Gasteiger partial charge in [-0.25, -0.2) is 9.59 Å². The van der Waals surface area contributed by atoms with Gasteiger partial charge in [-0.1, -0.05) is 48.5 Å². The minimum atomic E-state index is -0.927. The Bertz CT molecular complexity index is 1500. The quantitative estimate of drug-likeness (QED) is 0.462. The highest BCUT2D eigenvalue weighted by atomic mass is 16.5. The molecule has 0 saturated heterocycles. The summed E-state index contributed by atoms with van der Waals surface area (Å²) in [6.45, 7) is 3.80. The van der Waals surface area contributed by atoms with E-state index in [2.05, 4.69) is 6.07 Å². The average molecular weight is 510 g/mol. The molecule has 8 heteroatoms. The average Bonchev–Trinajstić information content (AvgIpc) is 2.94. The number of esters is 2. The number of nitrogens with two attached hydrogens (primary N) is 1. The van der Waals surface area contributed by atoms with Crippen LogP contribution >= 0.6 is 0 Å². The molecule has 4 rings (SSSR count). The van der Waals surface area contributed by atoms with E-state index in [1.807, 2.05) is 44.2 Å². The zero-order chi connectivity index (χ0) is 27.4. The van der Waals surface area contributed by atoms with Gasteiger partial charge in [-0.2, -0.15) is 5.26 Å². The molecule has 1 unspecified atom stereocenters. The fraction of sp³-hybridized carbons (Fsp3) is 0.167. The first-order valence-corrected chi connectivity index (χ1v) is 11.8. The zero-order valence-corrected chi connectivity index (χ0v) is 21.5. The number of hydrogen-bond donors (Lipinski definition) is 1. The maximum absolute atomic E-state index is 13.2. The summed E-state index contributed by atoms with van der Waals surface area (Å²) in [6, 6.07) is 23.9. The number of nitriles is 1. The van der Waals surface area contributed by atoms with Gasteiger partial charge < -0.3 is 19.9 Å². The Morgan fingerprint density at radius 3 is 2.11 bits per heavy atom. The van der Waals surface area contributed by atoms with Crippen molar-refractivity contribution < 1.29 is 23.8 Å². The molecule has 0 fully saturated rings. The van der Waals surface area contributed by atoms with Gasteiger partial charge in [0.05, 0.1) is 37.4 Å². The maximum atomic E-state index is 13.2. The standard InChI is InChI=1S/C30H27N3O5/c1-18-10-8-9-13-23(18)38-24-15-14-21(16-19(24)2)33-27(30(35)37-4)26(29(34)36-3)25(22(17-31)28(33)32)20-11-6-5-7-12-20/h5-16,25H,32H2,1-4H3. The van der Waals surface area contributed by atoms with Crippen LogP contribution in [0, 0.1) is 25.2 Å². The number of anilines is 1. The summed E-state index contributed by atoms with van der Waals surface area (Å²) in [5.74, 6) is -1.20. The first-order valence-electron chi connectivity index (χ1n) is 11.8. The number of nitrogens with zero attached hydrogens (tertiary/aromatic N) is 2. The fourth-order valence-corrected chi connectivity index (χ4v) is 4.46. The molecule has 1 aliphatic heterocycles. The topological polar surface area (TPSA) is 115 Å². The van der Waals surface area contributed by atoms with Gasteiger partial charge in [-0.3, -0.25) is 4.90 Å². The molecule has 8 nitrogen and oxygen atoms in total. The lowest BCUT2D eigenvalue weighted by Crippen LogP contribution is -2.40. The van der Waals surface area contributed by atoms with E-state index < -0.39 is 17.9 Å². The Morgan fingerprint density at radius 1 is 0.868 bits per heavy atom. The third-order valence-corrected chi connectivity index (χ3v) is 6.34. The van der Waals surface area contributed by atoms with E-state index >= 15 is 0 Å². The van der Waals surface area contributed by atoms with Crippen LogP contribution in [0.1, 0.15) is 22.6 Å². The summed E-state index contributed by atoms with van der Waals surface area (Å²) >= 11 is 0. The number of aryl methyl sites for hydroxylation is 2. The van der Waals surface area contributed by atoms with Crippen LogP contribution in [0.3, 0.4) is 0 Å². The van der Waals surface area contributed by atoms with Gasteiger partial charge in [0.25, 0.3) is 0 Å². The summed E-state index contributed by atoms with van der Waals surface area (Å²) in [5, 5.41) is 10.2. The predicted octanol–water partition coefficient (Wildman–Crippen LogP) is 4.99. The van der Waals surface area contributed by atoms with Crippen LogP contribution in [0.15, 0.2) is 95.5 Å². The molecule has 0 spiro atoms. The Morgan fingerprint density at radius 2 is 1.50 bits per heavy atom. The molecule has 3 aromatic carbocycles. The van der Waals surface area contributed by atoms with Crippen molar-refractivity contribution in [2.24, 2.45) is 5.73 Å². The molecule has 38 heavy (non-hydrogen) atoms. The van der Waals surface area contributed by atoms with Gasteiger partial charge in [-0.15, -0.1) is 0 Å². The number of benzene rings is 3. The van der Waals surface area contributed by atoms with Crippen LogP contribution in [0.2, 0.25) is 0 Å². The number of rotatable bonds is 6. The number of para-hydroxylation sites is 1. The molecule has 1 aliphatic rings. The smallest absolute Gasteiger partial charge is 0.355 e. The highest BCUT2D eigenvalue weighted by Gasteiger charge is 2.43. The Kier molecular flexibility index (Phi) is 7.49. The summed E-state index contributed by atoms with van der Waals surface area (Å²) in [7, 11) is 2.43. The second kappa shape index (κ2) is 10.9. The second-order valence-electron chi connectivity index (χ2n) is 8.65. The first kappa shape index (κ1) is 26.0. The van der Waals surface area contributed by atoms with Crippen LogP contribution in [0.5, 0.6) is 11.5 Å². The summed E-state index contributed by atoms with van der Waals surface area (Å²) < 4.78 is 16.3. The second-order valence-corrected chi connectivity index (χ2v) is 8.65. The number of allylic oxidation sites excluding steroid dienone is 1. The molecular formula is C30H27N3O5. The molecule has 2 N–H and O–H groups in total. The van der Waals surface area contributed by atoms with Gasteiger partial charge in [0.2, 0.25) is 0 Å². The van der Waals surface area contributed by atoms with Crippen molar-refractivity contribution in [2.75, 3.05) is 19.1 Å². The van der Waals surface area contributed by atoms with Crippen molar-refractivity contribution in [1.82, 2.24) is 0 Å². The van der Waals surface area contributed by atoms with Crippen molar-refractivity contribution in [3.05, 3.63) is 112 Å². The maximum Gasteiger partial charge on any atom is 0.355 e. The van der Waals surface area contributed by atoms with Gasteiger partial charge in [0, 0.05) is 5.69 Å². The normalized spacial score (nSPS) is 15.1. The van der Waals surface area contributed by atoms with E-state index in [0.717, 1.165) is 11.1 Å². The molecular weight excluding hydrogens is 482 g/mol. The SMILES string of the molecule is COC(=O)C1=C(C(=O)OC)N(c2ccc(Oc3ccccc3C)c(C)c2)C(N)=C(C#N)C1c1ccccc1. The lowest BCUT2D eigenvalue weighted by Gasteiger charge is -2.36. The lowest BCUT2D eigenvalue weighted by atomic mass is 9.81. The highest BCUT2D eigenvalue weighted by Crippen LogP contribution is 2.44. The van der Waals surface area contributed by atoms with E-state index in [1.165, 1.54) is 19.1 Å². The van der Waals surface area contributed by atoms with E-state index in [-0.39, 0.29) is 22.7 Å². The highest BCUT2D eigenvalue weighted by molar-refractivity contribution is 6.06. The number of methoxy groups -OCH3 is 2. The third-order valence-electron chi connectivity index (χ3n) is 6.34. The van der Waals surface area contributed by atoms with Gasteiger partial charge in [0.15, 0.2) is 0 Å². The van der Waals surface area contributed by atoms with Crippen molar-refractivity contribution in [2.45, 2.75) is 19.8 Å². The largest absolute Gasteiger partial charge is 0.466 e. The molecule has 192 valence electrons. The van der Waals surface area contributed by atoms with Gasteiger partial charge >= 0.3 is 11.9 Å². The molecule has 0 aliphatic carbocycles. The van der Waals surface area contributed by atoms with Crippen LogP contribution in [0.25, 0.3) is 0 Å². The Hall–Kier alpha value is -5.03. The summed E-state index contributed by atoms with van der Waals surface area (Å²) in [5.41, 5.74) is 9.26. The third kappa shape index (κ3) is 4.70. The van der Waals surface area contributed by atoms with Crippen molar-refractivity contribution in [3.8, 4) is 17.6 Å². The van der Waals surface area contributed by atoms with Crippen LogP contribution in [-0.2, 0) is 19.1 Å². The predicted molar refractivity (Wildman–Crippen MR) is 142 cm³/mol. The van der Waals surface area contributed by atoms with Crippen LogP contribution in [0.4, 0.5) is 5.69 Å². The minimum Gasteiger partial charge on any atom is -0.466 e. The molecule has 0 saturated carbocycles. The monoisotopic (exact) mass is 509 g/mol. The fourth-order valence-electron chi connectivity index (χ4n) is 4.46. The summed E-state index contributed by atoms with van der Waals surface area (Å²) in [4.78, 5) is 27.8. The number of ether oxygens (including phenoxy) is 3. The van der Waals surface area contributed by atoms with Crippen molar-refractivity contribution >= 4 is 17.6 Å². The number of carbonyl (C=O) groups excluding carboxylic acids is 2. The molecule has 0 bridgehead atoms. The molecule has 0 aromatic heterocycles. The van der Waals surface area contributed by atoms with Crippen molar-refractivity contribution in [3.63, 3.8) is 0 Å². The number of carbonyl (C=O) groups is 2. The van der Waals surface area contributed by atoms with E-state index in [1.54, 1.807) is 42.5 Å². The molecule has 0 radical (unpaired) electrons. The van der Waals surface area contributed by atoms with Gasteiger partial charge in [0.1, 0.15) is 23.0 Å². The Balaban J connectivity index is 1.92. The van der Waals surface area contributed by atoms with E-state index in [0.29, 0.717) is 22.7 Å². The van der Waals surface area contributed by atoms with Gasteiger partial charge in [-0.05, 0) is 54.8 Å². The van der Waals surface area contributed by atoms with Crippen molar-refractivity contribution in [1.29, 1.82) is 5.26 Å². The van der Waals surface area contributed by atoms with E-state index in [9.17, 15) is 14.9 Å². The molecule has 1 heterocycles. The zero-order valence-electron chi connectivity index (χ0n) is 21.5. The molecule has 1 atom stereocenters.